The van der Waals surface area contributed by atoms with Gasteiger partial charge in [-0.25, -0.2) is 0 Å². The van der Waals surface area contributed by atoms with E-state index in [9.17, 15) is 0 Å². The van der Waals surface area contributed by atoms with Crippen LogP contribution in [0.4, 0.5) is 5.69 Å². The Morgan fingerprint density at radius 3 is 2.93 bits per heavy atom. The first-order valence-electron chi connectivity index (χ1n) is 5.38. The summed E-state index contributed by atoms with van der Waals surface area (Å²) in [5.74, 6) is 0.398. The zero-order valence-corrected chi connectivity index (χ0v) is 9.06. The molecule has 0 amide bonds. The molecule has 2 N–H and O–H groups in total. The van der Waals surface area contributed by atoms with Crippen LogP contribution < -0.4 is 10.6 Å². The monoisotopic (exact) mass is 203 g/mol. The fraction of sp³-hybridized carbons (Fsp3) is 0.417. The van der Waals surface area contributed by atoms with E-state index in [2.05, 4.69) is 41.1 Å². The highest BCUT2D eigenvalue weighted by Crippen LogP contribution is 2.27. The molecule has 0 saturated heterocycles. The van der Waals surface area contributed by atoms with E-state index in [1.807, 2.05) is 6.34 Å². The fourth-order valence-corrected chi connectivity index (χ4v) is 1.85. The van der Waals surface area contributed by atoms with Crippen LogP contribution >= 0.6 is 0 Å². The van der Waals surface area contributed by atoms with E-state index in [1.54, 1.807) is 0 Å². The average molecular weight is 203 g/mol. The molecule has 1 unspecified atom stereocenters. The van der Waals surface area contributed by atoms with Crippen LogP contribution in [-0.2, 0) is 0 Å². The van der Waals surface area contributed by atoms with Gasteiger partial charge in [0, 0.05) is 12.2 Å². The first-order chi connectivity index (χ1) is 7.33. The molecule has 1 aromatic rings. The van der Waals surface area contributed by atoms with Crippen molar-refractivity contribution in [3.05, 3.63) is 29.8 Å². The van der Waals surface area contributed by atoms with Crippen molar-refractivity contribution >= 4 is 12.0 Å². The number of nitrogens with zero attached hydrogens (tertiary/aromatic N) is 2. The second kappa shape index (κ2) is 4.45. The van der Waals surface area contributed by atoms with Crippen molar-refractivity contribution in [2.75, 3.05) is 24.5 Å². The largest absolute Gasteiger partial charge is 0.331 e. The molecule has 1 atom stereocenters. The Kier molecular flexibility index (Phi) is 3.02. The molecule has 0 saturated carbocycles. The second-order valence-corrected chi connectivity index (χ2v) is 3.91. The second-order valence-electron chi connectivity index (χ2n) is 3.91. The summed E-state index contributed by atoms with van der Waals surface area (Å²) < 4.78 is 0. The number of aliphatic imine (C=N–C) groups is 1. The topological polar surface area (TPSA) is 41.6 Å². The van der Waals surface area contributed by atoms with Crippen LogP contribution in [0.1, 0.15) is 18.4 Å². The number of anilines is 1. The molecule has 1 heterocycles. The van der Waals surface area contributed by atoms with Gasteiger partial charge < -0.3 is 10.6 Å². The highest BCUT2D eigenvalue weighted by Gasteiger charge is 2.14. The summed E-state index contributed by atoms with van der Waals surface area (Å²) in [7, 11) is 0. The Bertz CT molecular complexity index is 360. The lowest BCUT2D eigenvalue weighted by Crippen LogP contribution is -2.21. The molecule has 1 aliphatic heterocycles. The van der Waals surface area contributed by atoms with Gasteiger partial charge in [0.05, 0.1) is 12.9 Å². The molecule has 0 spiro atoms. The molecule has 0 fully saturated rings. The van der Waals surface area contributed by atoms with Gasteiger partial charge in [0.1, 0.15) is 0 Å². The first kappa shape index (κ1) is 10.2. The third-order valence-electron chi connectivity index (χ3n) is 2.82. The van der Waals surface area contributed by atoms with E-state index in [1.165, 1.54) is 11.3 Å². The molecule has 15 heavy (non-hydrogen) atoms. The van der Waals surface area contributed by atoms with Crippen molar-refractivity contribution in [3.63, 3.8) is 0 Å². The zero-order chi connectivity index (χ0) is 10.7. The van der Waals surface area contributed by atoms with Crippen LogP contribution in [0.2, 0.25) is 0 Å². The molecule has 2 rings (SSSR count). The number of nitrogens with two attached hydrogens (primary N) is 1. The van der Waals surface area contributed by atoms with Crippen molar-refractivity contribution in [3.8, 4) is 0 Å². The Balaban J connectivity index is 2.32. The number of para-hydroxylation sites is 1. The van der Waals surface area contributed by atoms with Gasteiger partial charge in [-0.15, -0.1) is 0 Å². The van der Waals surface area contributed by atoms with Crippen molar-refractivity contribution in [2.45, 2.75) is 12.8 Å². The van der Waals surface area contributed by atoms with E-state index in [0.29, 0.717) is 12.5 Å². The third kappa shape index (κ3) is 2.02. The smallest absolute Gasteiger partial charge is 0.0895 e. The lowest BCUT2D eigenvalue weighted by molar-refractivity contribution is 0.772. The molecule has 3 heteroatoms. The summed E-state index contributed by atoms with van der Waals surface area (Å²) in [6, 6.07) is 8.42. The average Bonchev–Trinajstić information content (AvgIpc) is 2.81. The SMILES string of the molecule is CC(CN)c1ccccc1N1C=NCC1. The van der Waals surface area contributed by atoms with Crippen LogP contribution in [0.15, 0.2) is 29.3 Å². The summed E-state index contributed by atoms with van der Waals surface area (Å²) in [6.07, 6.45) is 1.92. The van der Waals surface area contributed by atoms with Gasteiger partial charge in [-0.1, -0.05) is 25.1 Å². The molecular formula is C12H17N3. The van der Waals surface area contributed by atoms with E-state index in [-0.39, 0.29) is 0 Å². The van der Waals surface area contributed by atoms with Crippen LogP contribution in [0.25, 0.3) is 0 Å². The molecule has 0 radical (unpaired) electrons. The number of rotatable bonds is 3. The van der Waals surface area contributed by atoms with Crippen molar-refractivity contribution < 1.29 is 0 Å². The number of benzene rings is 1. The van der Waals surface area contributed by atoms with Crippen LogP contribution in [0.5, 0.6) is 0 Å². The fourth-order valence-electron chi connectivity index (χ4n) is 1.85. The maximum atomic E-state index is 5.72. The van der Waals surface area contributed by atoms with Gasteiger partial charge in [0.15, 0.2) is 0 Å². The minimum atomic E-state index is 0.398. The van der Waals surface area contributed by atoms with E-state index < -0.39 is 0 Å². The van der Waals surface area contributed by atoms with Gasteiger partial charge in [-0.05, 0) is 24.1 Å². The molecule has 3 nitrogen and oxygen atoms in total. The van der Waals surface area contributed by atoms with Crippen molar-refractivity contribution in [1.82, 2.24) is 0 Å². The Hall–Kier alpha value is -1.35. The summed E-state index contributed by atoms with van der Waals surface area (Å²) in [4.78, 5) is 6.43. The number of hydrogen-bond acceptors (Lipinski definition) is 3. The van der Waals surface area contributed by atoms with Crippen LogP contribution in [0.3, 0.4) is 0 Å². The first-order valence-corrected chi connectivity index (χ1v) is 5.38. The third-order valence-corrected chi connectivity index (χ3v) is 2.82. The van der Waals surface area contributed by atoms with Crippen molar-refractivity contribution in [1.29, 1.82) is 0 Å². The lowest BCUT2D eigenvalue weighted by atomic mass is 9.99. The molecule has 0 bridgehead atoms. The van der Waals surface area contributed by atoms with Crippen LogP contribution in [0, 0.1) is 0 Å². The highest BCUT2D eigenvalue weighted by molar-refractivity contribution is 5.82. The van der Waals surface area contributed by atoms with Gasteiger partial charge in [0.25, 0.3) is 0 Å². The number of hydrogen-bond donors (Lipinski definition) is 1. The van der Waals surface area contributed by atoms with Gasteiger partial charge in [0.2, 0.25) is 0 Å². The molecule has 1 aromatic carbocycles. The van der Waals surface area contributed by atoms with Crippen molar-refractivity contribution in [2.24, 2.45) is 10.7 Å². The maximum Gasteiger partial charge on any atom is 0.0895 e. The zero-order valence-electron chi connectivity index (χ0n) is 9.06. The molecular weight excluding hydrogens is 186 g/mol. The Morgan fingerprint density at radius 1 is 1.47 bits per heavy atom. The van der Waals surface area contributed by atoms with Crippen LogP contribution in [-0.4, -0.2) is 26.0 Å². The van der Waals surface area contributed by atoms with E-state index >= 15 is 0 Å². The lowest BCUT2D eigenvalue weighted by Gasteiger charge is -2.21. The van der Waals surface area contributed by atoms with E-state index in [0.717, 1.165) is 13.1 Å². The summed E-state index contributed by atoms with van der Waals surface area (Å²) >= 11 is 0. The van der Waals surface area contributed by atoms with Gasteiger partial charge in [-0.2, -0.15) is 0 Å². The predicted molar refractivity (Wildman–Crippen MR) is 64.6 cm³/mol. The summed E-state index contributed by atoms with van der Waals surface area (Å²) in [5.41, 5.74) is 8.28. The Morgan fingerprint density at radius 2 is 2.27 bits per heavy atom. The normalized spacial score (nSPS) is 17.1. The highest BCUT2D eigenvalue weighted by atomic mass is 15.2. The Labute approximate surface area is 90.6 Å². The molecule has 0 aliphatic carbocycles. The minimum absolute atomic E-state index is 0.398. The van der Waals surface area contributed by atoms with E-state index in [4.69, 9.17) is 5.73 Å². The summed E-state index contributed by atoms with van der Waals surface area (Å²) in [5, 5.41) is 0. The quantitative estimate of drug-likeness (QED) is 0.810. The predicted octanol–water partition coefficient (Wildman–Crippen LogP) is 1.60. The van der Waals surface area contributed by atoms with Gasteiger partial charge >= 0.3 is 0 Å². The van der Waals surface area contributed by atoms with Gasteiger partial charge in [-0.3, -0.25) is 4.99 Å². The molecule has 0 aromatic heterocycles. The summed E-state index contributed by atoms with van der Waals surface area (Å²) in [6.45, 7) is 4.72. The maximum absolute atomic E-state index is 5.72. The minimum Gasteiger partial charge on any atom is -0.331 e. The standard InChI is InChI=1S/C12H17N3/c1-10(8-13)11-4-2-3-5-12(11)15-7-6-14-9-15/h2-5,9-10H,6-8,13H2,1H3. The molecule has 1 aliphatic rings. The molecule has 80 valence electrons.